The van der Waals surface area contributed by atoms with E-state index in [9.17, 15) is 4.79 Å². The van der Waals surface area contributed by atoms with Crippen LogP contribution in [0.25, 0.3) is 0 Å². The van der Waals surface area contributed by atoms with E-state index in [1.54, 1.807) is 0 Å². The van der Waals surface area contributed by atoms with Crippen molar-refractivity contribution in [1.29, 1.82) is 0 Å². The van der Waals surface area contributed by atoms with Crippen molar-refractivity contribution in [3.8, 4) is 11.5 Å². The molecule has 0 spiro atoms. The molecular formula is C21H28N4O4. The van der Waals surface area contributed by atoms with Gasteiger partial charge in [0.2, 0.25) is 12.7 Å². The van der Waals surface area contributed by atoms with Crippen molar-refractivity contribution in [1.82, 2.24) is 20.1 Å². The van der Waals surface area contributed by atoms with Gasteiger partial charge in [-0.05, 0) is 31.0 Å². The Hall–Kier alpha value is -2.58. The van der Waals surface area contributed by atoms with Crippen LogP contribution in [0.3, 0.4) is 0 Å². The number of hydrogen-bond donors (Lipinski definition) is 1. The molecule has 0 aliphatic carbocycles. The number of benzene rings is 1. The van der Waals surface area contributed by atoms with Gasteiger partial charge in [0.05, 0.1) is 6.54 Å². The first-order valence-corrected chi connectivity index (χ1v) is 10.2. The molecule has 8 nitrogen and oxygen atoms in total. The lowest BCUT2D eigenvalue weighted by atomic mass is 10.1. The van der Waals surface area contributed by atoms with Crippen molar-refractivity contribution in [2.75, 3.05) is 33.0 Å². The molecule has 0 bridgehead atoms. The van der Waals surface area contributed by atoms with Gasteiger partial charge in [0.1, 0.15) is 6.26 Å². The molecule has 4 rings (SSSR count). The summed E-state index contributed by atoms with van der Waals surface area (Å²) in [6.07, 6.45) is 2.33. The summed E-state index contributed by atoms with van der Waals surface area (Å²) in [7, 11) is 0. The number of carbonyl (C=O) groups is 1. The van der Waals surface area contributed by atoms with Crippen molar-refractivity contribution in [3.05, 3.63) is 41.6 Å². The molecule has 1 amide bonds. The molecule has 1 aromatic heterocycles. The number of nitrogens with one attached hydrogen (secondary N) is 1. The molecule has 1 unspecified atom stereocenters. The number of hydrogen-bond acceptors (Lipinski definition) is 7. The number of carbonyl (C=O) groups excluding carboxylic acids is 1. The highest BCUT2D eigenvalue weighted by Crippen LogP contribution is 2.32. The molecule has 156 valence electrons. The highest BCUT2D eigenvalue weighted by molar-refractivity contribution is 5.92. The molecule has 8 heteroatoms. The summed E-state index contributed by atoms with van der Waals surface area (Å²) in [6.45, 7) is 9.63. The zero-order valence-corrected chi connectivity index (χ0v) is 17.0. The number of aromatic nitrogens is 1. The summed E-state index contributed by atoms with van der Waals surface area (Å²) in [5.74, 6) is 2.06. The van der Waals surface area contributed by atoms with E-state index in [0.29, 0.717) is 24.9 Å². The largest absolute Gasteiger partial charge is 0.454 e. The topological polar surface area (TPSA) is 80.1 Å². The Labute approximate surface area is 170 Å². The van der Waals surface area contributed by atoms with Crippen LogP contribution in [0.4, 0.5) is 0 Å². The van der Waals surface area contributed by atoms with Crippen molar-refractivity contribution < 1.29 is 18.7 Å². The first-order chi connectivity index (χ1) is 14.1. The van der Waals surface area contributed by atoms with E-state index in [1.807, 2.05) is 19.9 Å². The summed E-state index contributed by atoms with van der Waals surface area (Å²) in [5, 5.41) is 2.91. The van der Waals surface area contributed by atoms with Crippen LogP contribution in [-0.4, -0.2) is 59.7 Å². The third-order valence-corrected chi connectivity index (χ3v) is 5.44. The smallest absolute Gasteiger partial charge is 0.273 e. The van der Waals surface area contributed by atoms with Crippen LogP contribution < -0.4 is 14.8 Å². The molecule has 1 fully saturated rings. The SMILES string of the molecule is CCC(C)NC(=O)c1coc(CN2CCN(Cc3ccc4c(c3)OCO4)CC2)n1. The van der Waals surface area contributed by atoms with Crippen LogP contribution in [-0.2, 0) is 13.1 Å². The Kier molecular flexibility index (Phi) is 6.01. The summed E-state index contributed by atoms with van der Waals surface area (Å²) in [4.78, 5) is 21.2. The Balaban J connectivity index is 1.24. The molecule has 2 aromatic rings. The highest BCUT2D eigenvalue weighted by Gasteiger charge is 2.21. The second kappa shape index (κ2) is 8.84. The monoisotopic (exact) mass is 400 g/mol. The van der Waals surface area contributed by atoms with Crippen molar-refractivity contribution in [2.24, 2.45) is 0 Å². The number of amides is 1. The number of piperazine rings is 1. The van der Waals surface area contributed by atoms with Gasteiger partial charge in [-0.2, -0.15) is 0 Å². The molecular weight excluding hydrogens is 372 g/mol. The second-order valence-electron chi connectivity index (χ2n) is 7.65. The Bertz CT molecular complexity index is 845. The zero-order chi connectivity index (χ0) is 20.2. The lowest BCUT2D eigenvalue weighted by Gasteiger charge is -2.34. The summed E-state index contributed by atoms with van der Waals surface area (Å²) >= 11 is 0. The van der Waals surface area contributed by atoms with Crippen LogP contribution in [0.1, 0.15) is 42.2 Å². The molecule has 1 saturated heterocycles. The van der Waals surface area contributed by atoms with E-state index < -0.39 is 0 Å². The lowest BCUT2D eigenvalue weighted by molar-refractivity contribution is 0.0934. The molecule has 2 aliphatic heterocycles. The number of ether oxygens (including phenoxy) is 2. The number of nitrogens with zero attached hydrogens (tertiary/aromatic N) is 3. The van der Waals surface area contributed by atoms with E-state index >= 15 is 0 Å². The first-order valence-electron chi connectivity index (χ1n) is 10.2. The number of fused-ring (bicyclic) bond motifs is 1. The van der Waals surface area contributed by atoms with E-state index in [2.05, 4.69) is 32.2 Å². The van der Waals surface area contributed by atoms with Gasteiger partial charge in [-0.1, -0.05) is 13.0 Å². The molecule has 2 aliphatic rings. The number of oxazole rings is 1. The van der Waals surface area contributed by atoms with Gasteiger partial charge in [-0.15, -0.1) is 0 Å². The molecule has 3 heterocycles. The predicted octanol–water partition coefficient (Wildman–Crippen LogP) is 2.25. The summed E-state index contributed by atoms with van der Waals surface area (Å²) in [5.41, 5.74) is 1.58. The molecule has 29 heavy (non-hydrogen) atoms. The molecule has 1 atom stereocenters. The highest BCUT2D eigenvalue weighted by atomic mass is 16.7. The summed E-state index contributed by atoms with van der Waals surface area (Å²) in [6, 6.07) is 6.26. The average Bonchev–Trinajstić information content (AvgIpc) is 3.38. The minimum Gasteiger partial charge on any atom is -0.454 e. The van der Waals surface area contributed by atoms with E-state index in [-0.39, 0.29) is 11.9 Å². The van der Waals surface area contributed by atoms with Crippen LogP contribution in [0.5, 0.6) is 11.5 Å². The Morgan fingerprint density at radius 1 is 1.14 bits per heavy atom. The Morgan fingerprint density at radius 3 is 2.62 bits per heavy atom. The Morgan fingerprint density at radius 2 is 1.86 bits per heavy atom. The minimum absolute atomic E-state index is 0.125. The predicted molar refractivity (Wildman–Crippen MR) is 107 cm³/mol. The third-order valence-electron chi connectivity index (χ3n) is 5.44. The first kappa shape index (κ1) is 19.7. The average molecular weight is 400 g/mol. The molecule has 1 N–H and O–H groups in total. The van der Waals surface area contributed by atoms with E-state index in [0.717, 1.165) is 50.6 Å². The van der Waals surface area contributed by atoms with Gasteiger partial charge >= 0.3 is 0 Å². The molecule has 0 radical (unpaired) electrons. The van der Waals surface area contributed by atoms with Crippen molar-refractivity contribution in [3.63, 3.8) is 0 Å². The molecule has 1 aromatic carbocycles. The quantitative estimate of drug-likeness (QED) is 0.763. The fourth-order valence-electron chi connectivity index (χ4n) is 3.48. The van der Waals surface area contributed by atoms with Gasteiger partial charge in [-0.25, -0.2) is 4.98 Å². The zero-order valence-electron chi connectivity index (χ0n) is 17.0. The van der Waals surface area contributed by atoms with Gasteiger partial charge in [0.15, 0.2) is 17.2 Å². The molecule has 0 saturated carbocycles. The normalized spacial score (nSPS) is 18.0. The van der Waals surface area contributed by atoms with Crippen LogP contribution >= 0.6 is 0 Å². The van der Waals surface area contributed by atoms with Crippen molar-refractivity contribution in [2.45, 2.75) is 39.4 Å². The number of rotatable bonds is 7. The summed E-state index contributed by atoms with van der Waals surface area (Å²) < 4.78 is 16.4. The van der Waals surface area contributed by atoms with Crippen LogP contribution in [0.15, 0.2) is 28.9 Å². The fraction of sp³-hybridized carbons (Fsp3) is 0.524. The van der Waals surface area contributed by atoms with Crippen molar-refractivity contribution >= 4 is 5.91 Å². The van der Waals surface area contributed by atoms with Gasteiger partial charge < -0.3 is 19.2 Å². The maximum atomic E-state index is 12.1. The standard InChI is InChI=1S/C21H28N4O4/c1-3-15(2)22-21(26)17-13-27-20(23-17)12-25-8-6-24(7-9-25)11-16-4-5-18-19(10-16)29-14-28-18/h4-5,10,13,15H,3,6-9,11-12,14H2,1-2H3,(H,22,26). The maximum Gasteiger partial charge on any atom is 0.273 e. The van der Waals surface area contributed by atoms with Gasteiger partial charge in [-0.3, -0.25) is 14.6 Å². The maximum absolute atomic E-state index is 12.1. The second-order valence-corrected chi connectivity index (χ2v) is 7.65. The van der Waals surface area contributed by atoms with E-state index in [4.69, 9.17) is 13.9 Å². The fourth-order valence-corrected chi connectivity index (χ4v) is 3.48. The van der Waals surface area contributed by atoms with E-state index in [1.165, 1.54) is 11.8 Å². The van der Waals surface area contributed by atoms with Gasteiger partial charge in [0, 0.05) is 38.8 Å². The van der Waals surface area contributed by atoms with Crippen LogP contribution in [0.2, 0.25) is 0 Å². The van der Waals surface area contributed by atoms with Gasteiger partial charge in [0.25, 0.3) is 5.91 Å². The third kappa shape index (κ3) is 4.89. The lowest BCUT2D eigenvalue weighted by Crippen LogP contribution is -2.45. The minimum atomic E-state index is -0.178. The van der Waals surface area contributed by atoms with Crippen LogP contribution in [0, 0.1) is 0 Å².